The van der Waals surface area contributed by atoms with Crippen molar-refractivity contribution in [3.8, 4) is 23.8 Å². The van der Waals surface area contributed by atoms with Crippen LogP contribution in [0.4, 0.5) is 5.69 Å². The summed E-state index contributed by atoms with van der Waals surface area (Å²) in [6.45, 7) is 0.250. The molecular formula is C19H19N3O3. The van der Waals surface area contributed by atoms with Gasteiger partial charge < -0.3 is 14.8 Å². The van der Waals surface area contributed by atoms with Crippen molar-refractivity contribution < 1.29 is 14.3 Å². The zero-order chi connectivity index (χ0) is 17.9. The van der Waals surface area contributed by atoms with Crippen molar-refractivity contribution in [3.63, 3.8) is 0 Å². The molecule has 2 rings (SSSR count). The van der Waals surface area contributed by atoms with Crippen molar-refractivity contribution in [2.24, 2.45) is 5.10 Å². The van der Waals surface area contributed by atoms with Crippen LogP contribution < -0.4 is 20.2 Å². The van der Waals surface area contributed by atoms with Gasteiger partial charge in [-0.1, -0.05) is 24.1 Å². The molecule has 2 aromatic carbocycles. The Hall–Kier alpha value is -3.46. The molecule has 2 N–H and O–H groups in total. The number of benzene rings is 2. The molecule has 0 radical (unpaired) electrons. The molecule has 0 saturated carbocycles. The normalized spacial score (nSPS) is 10.1. The van der Waals surface area contributed by atoms with Crippen LogP contribution in [0.3, 0.4) is 0 Å². The van der Waals surface area contributed by atoms with E-state index in [9.17, 15) is 4.79 Å². The molecule has 0 aliphatic heterocycles. The Labute approximate surface area is 146 Å². The first-order valence-corrected chi connectivity index (χ1v) is 7.58. The first-order valence-electron chi connectivity index (χ1n) is 7.58. The van der Waals surface area contributed by atoms with Gasteiger partial charge in [0.2, 0.25) is 0 Å². The highest BCUT2D eigenvalue weighted by Crippen LogP contribution is 2.22. The number of para-hydroxylation sites is 1. The van der Waals surface area contributed by atoms with Gasteiger partial charge in [0.25, 0.3) is 5.91 Å². The van der Waals surface area contributed by atoms with Crippen molar-refractivity contribution >= 4 is 17.8 Å². The first-order chi connectivity index (χ1) is 12.2. The van der Waals surface area contributed by atoms with Crippen LogP contribution in [0.1, 0.15) is 5.56 Å². The highest BCUT2D eigenvalue weighted by Gasteiger charge is 2.04. The molecule has 25 heavy (non-hydrogen) atoms. The second-order valence-corrected chi connectivity index (χ2v) is 4.91. The molecule has 6 heteroatoms. The van der Waals surface area contributed by atoms with Crippen molar-refractivity contribution in [1.82, 2.24) is 5.43 Å². The second kappa shape index (κ2) is 9.63. The van der Waals surface area contributed by atoms with E-state index in [2.05, 4.69) is 21.8 Å². The zero-order valence-corrected chi connectivity index (χ0v) is 13.9. The fraction of sp³-hybridized carbons (Fsp3) is 0.158. The molecule has 0 fully saturated rings. The maximum absolute atomic E-state index is 11.8. The summed E-state index contributed by atoms with van der Waals surface area (Å²) >= 11 is 0. The van der Waals surface area contributed by atoms with Crippen LogP contribution in [-0.4, -0.2) is 32.4 Å². The van der Waals surface area contributed by atoms with Gasteiger partial charge in [-0.3, -0.25) is 4.79 Å². The third-order valence-corrected chi connectivity index (χ3v) is 3.15. The number of hydrazone groups is 1. The van der Waals surface area contributed by atoms with Gasteiger partial charge in [0.15, 0.2) is 0 Å². The monoisotopic (exact) mass is 337 g/mol. The van der Waals surface area contributed by atoms with E-state index in [0.29, 0.717) is 17.1 Å². The summed E-state index contributed by atoms with van der Waals surface area (Å²) in [5.41, 5.74) is 3.96. The van der Waals surface area contributed by atoms with Crippen LogP contribution in [0.5, 0.6) is 11.5 Å². The average molecular weight is 337 g/mol. The van der Waals surface area contributed by atoms with E-state index in [0.717, 1.165) is 5.69 Å². The maximum Gasteiger partial charge on any atom is 0.259 e. The molecule has 0 aliphatic carbocycles. The van der Waals surface area contributed by atoms with Crippen molar-refractivity contribution in [2.75, 3.05) is 25.6 Å². The van der Waals surface area contributed by atoms with E-state index in [1.54, 1.807) is 25.3 Å². The number of ether oxygens (including phenoxy) is 2. The molecule has 0 spiro atoms. The quantitative estimate of drug-likeness (QED) is 0.440. The molecule has 0 aliphatic rings. The molecule has 2 aromatic rings. The van der Waals surface area contributed by atoms with E-state index in [1.807, 2.05) is 30.3 Å². The molecule has 0 unspecified atom stereocenters. The van der Waals surface area contributed by atoms with Crippen LogP contribution in [0, 0.1) is 12.3 Å². The van der Waals surface area contributed by atoms with Crippen LogP contribution in [0.15, 0.2) is 53.6 Å². The van der Waals surface area contributed by atoms with Crippen molar-refractivity contribution in [2.45, 2.75) is 0 Å². The summed E-state index contributed by atoms with van der Waals surface area (Å²) in [4.78, 5) is 11.8. The number of amides is 1. The van der Waals surface area contributed by atoms with Crippen molar-refractivity contribution in [1.29, 1.82) is 0 Å². The van der Waals surface area contributed by atoms with Gasteiger partial charge in [-0.25, -0.2) is 5.43 Å². The summed E-state index contributed by atoms with van der Waals surface area (Å²) in [5, 5.41) is 6.94. The minimum absolute atomic E-state index is 0.111. The minimum atomic E-state index is -0.269. The Balaban J connectivity index is 1.93. The molecule has 0 bridgehead atoms. The highest BCUT2D eigenvalue weighted by atomic mass is 16.5. The predicted octanol–water partition coefficient (Wildman–Crippen LogP) is 2.27. The van der Waals surface area contributed by atoms with Gasteiger partial charge in [0.05, 0.1) is 19.9 Å². The topological polar surface area (TPSA) is 72.0 Å². The van der Waals surface area contributed by atoms with Gasteiger partial charge in [-0.2, -0.15) is 5.10 Å². The maximum atomic E-state index is 11.8. The smallest absolute Gasteiger partial charge is 0.259 e. The fourth-order valence-corrected chi connectivity index (χ4v) is 1.96. The number of methoxy groups -OCH3 is 1. The lowest BCUT2D eigenvalue weighted by atomic mass is 10.2. The first kappa shape index (κ1) is 17.9. The lowest BCUT2D eigenvalue weighted by Gasteiger charge is -2.08. The Morgan fingerprint density at radius 1 is 1.28 bits per heavy atom. The molecule has 6 nitrogen and oxygen atoms in total. The third kappa shape index (κ3) is 5.92. The number of nitrogens with one attached hydrogen (secondary N) is 2. The Bertz CT molecular complexity index is 767. The summed E-state index contributed by atoms with van der Waals surface area (Å²) in [6, 6.07) is 14.7. The number of carbonyl (C=O) groups is 1. The van der Waals surface area contributed by atoms with Gasteiger partial charge in [0.1, 0.15) is 18.1 Å². The van der Waals surface area contributed by atoms with Gasteiger partial charge >= 0.3 is 0 Å². The molecular weight excluding hydrogens is 318 g/mol. The van der Waals surface area contributed by atoms with Gasteiger partial charge in [-0.15, -0.1) is 6.42 Å². The highest BCUT2D eigenvalue weighted by molar-refractivity contribution is 5.86. The lowest BCUT2D eigenvalue weighted by molar-refractivity contribution is -0.119. The zero-order valence-electron chi connectivity index (χ0n) is 13.9. The van der Waals surface area contributed by atoms with Gasteiger partial charge in [-0.05, 0) is 30.3 Å². The Morgan fingerprint density at radius 2 is 2.08 bits per heavy atom. The van der Waals surface area contributed by atoms with E-state index in [1.165, 1.54) is 6.21 Å². The SMILES string of the molecule is C#CCOc1ccc(OC)cc1/C=N\NC(=O)CNc1ccccc1. The molecule has 1 amide bonds. The van der Waals surface area contributed by atoms with E-state index in [-0.39, 0.29) is 19.1 Å². The number of carbonyl (C=O) groups excluding carboxylic acids is 1. The summed E-state index contributed by atoms with van der Waals surface area (Å²) in [6.07, 6.45) is 6.69. The number of hydrogen-bond donors (Lipinski definition) is 2. The predicted molar refractivity (Wildman–Crippen MR) is 98.0 cm³/mol. The van der Waals surface area contributed by atoms with Gasteiger partial charge in [0, 0.05) is 11.3 Å². The third-order valence-electron chi connectivity index (χ3n) is 3.15. The standard InChI is InChI=1S/C19H19N3O3/c1-3-11-25-18-10-9-17(24-2)12-15(18)13-21-22-19(23)14-20-16-7-5-4-6-8-16/h1,4-10,12-13,20H,11,14H2,2H3,(H,22,23)/b21-13-. The second-order valence-electron chi connectivity index (χ2n) is 4.91. The van der Waals surface area contributed by atoms with Crippen LogP contribution in [0.2, 0.25) is 0 Å². The van der Waals surface area contributed by atoms with Crippen LogP contribution >= 0.6 is 0 Å². The van der Waals surface area contributed by atoms with E-state index in [4.69, 9.17) is 15.9 Å². The molecule has 0 saturated heterocycles. The summed E-state index contributed by atoms with van der Waals surface area (Å²) in [5.74, 6) is 3.33. The van der Waals surface area contributed by atoms with E-state index < -0.39 is 0 Å². The number of terminal acetylenes is 1. The summed E-state index contributed by atoms with van der Waals surface area (Å²) in [7, 11) is 1.56. The Kier molecular flexibility index (Phi) is 6.89. The molecule has 0 aromatic heterocycles. The lowest BCUT2D eigenvalue weighted by Crippen LogP contribution is -2.25. The number of rotatable bonds is 8. The van der Waals surface area contributed by atoms with E-state index >= 15 is 0 Å². The average Bonchev–Trinajstić information content (AvgIpc) is 2.66. The number of hydrogen-bond acceptors (Lipinski definition) is 5. The van der Waals surface area contributed by atoms with Crippen LogP contribution in [0.25, 0.3) is 0 Å². The number of nitrogens with zero attached hydrogens (tertiary/aromatic N) is 1. The number of anilines is 1. The largest absolute Gasteiger partial charge is 0.497 e. The minimum Gasteiger partial charge on any atom is -0.497 e. The Morgan fingerprint density at radius 3 is 2.80 bits per heavy atom. The fourth-order valence-electron chi connectivity index (χ4n) is 1.96. The molecule has 128 valence electrons. The molecule has 0 atom stereocenters. The summed E-state index contributed by atoms with van der Waals surface area (Å²) < 4.78 is 10.6. The molecule has 0 heterocycles. The van der Waals surface area contributed by atoms with Crippen LogP contribution in [-0.2, 0) is 4.79 Å². The van der Waals surface area contributed by atoms with Crippen molar-refractivity contribution in [3.05, 3.63) is 54.1 Å².